The average Bonchev–Trinajstić information content (AvgIpc) is 2.54. The van der Waals surface area contributed by atoms with Gasteiger partial charge in [0.15, 0.2) is 0 Å². The van der Waals surface area contributed by atoms with E-state index in [1.807, 2.05) is 0 Å². The smallest absolute Gasteiger partial charge is 0.330 e. The van der Waals surface area contributed by atoms with E-state index in [-0.39, 0.29) is 22.9 Å². The van der Waals surface area contributed by atoms with E-state index in [1.165, 1.54) is 26.0 Å². The molecule has 3 rings (SSSR count). The first kappa shape index (κ1) is 18.1. The lowest BCUT2D eigenvalue weighted by Gasteiger charge is -2.26. The Morgan fingerprint density at radius 2 is 1.26 bits per heavy atom. The molecule has 0 aromatic heterocycles. The minimum absolute atomic E-state index is 0.0847. The first-order valence-electron chi connectivity index (χ1n) is 7.91. The van der Waals surface area contributed by atoms with Crippen LogP contribution in [-0.2, 0) is 19.2 Å². The Hall–Kier alpha value is -3.75. The summed E-state index contributed by atoms with van der Waals surface area (Å²) in [6.07, 6.45) is 0. The number of carbonyl (C=O) groups excluding carboxylic acids is 5. The number of benzene rings is 2. The van der Waals surface area contributed by atoms with Gasteiger partial charge in [-0.05, 0) is 29.7 Å². The van der Waals surface area contributed by atoms with Crippen LogP contribution in [0.3, 0.4) is 0 Å². The molecular formula is C18H15N3O6. The summed E-state index contributed by atoms with van der Waals surface area (Å²) in [5, 5.41) is 6.32. The van der Waals surface area contributed by atoms with E-state index in [0.717, 1.165) is 6.92 Å². The van der Waals surface area contributed by atoms with E-state index in [2.05, 4.69) is 10.6 Å². The van der Waals surface area contributed by atoms with E-state index in [4.69, 9.17) is 4.84 Å². The highest BCUT2D eigenvalue weighted by Gasteiger charge is 2.36. The average molecular weight is 369 g/mol. The molecule has 0 unspecified atom stereocenters. The zero-order valence-corrected chi connectivity index (χ0v) is 14.7. The Balaban J connectivity index is 2.29. The Bertz CT molecular complexity index is 972. The van der Waals surface area contributed by atoms with Crippen molar-refractivity contribution in [1.82, 2.24) is 5.06 Å². The van der Waals surface area contributed by atoms with Crippen molar-refractivity contribution in [1.29, 1.82) is 0 Å². The molecule has 0 spiro atoms. The Morgan fingerprint density at radius 1 is 0.815 bits per heavy atom. The van der Waals surface area contributed by atoms with Crippen LogP contribution < -0.4 is 10.6 Å². The van der Waals surface area contributed by atoms with Crippen LogP contribution in [0.4, 0.5) is 11.4 Å². The molecule has 0 bridgehead atoms. The number of nitrogens with one attached hydrogen (secondary N) is 2. The molecule has 9 nitrogen and oxygen atoms in total. The summed E-state index contributed by atoms with van der Waals surface area (Å²) in [7, 11) is 0. The van der Waals surface area contributed by atoms with Gasteiger partial charge in [0.1, 0.15) is 0 Å². The maximum atomic E-state index is 12.7. The van der Waals surface area contributed by atoms with Crippen molar-refractivity contribution in [3.8, 4) is 0 Å². The van der Waals surface area contributed by atoms with E-state index >= 15 is 0 Å². The van der Waals surface area contributed by atoms with Crippen molar-refractivity contribution < 1.29 is 28.8 Å². The highest BCUT2D eigenvalue weighted by atomic mass is 16.7. The number of hydrogen-bond donors (Lipinski definition) is 2. The summed E-state index contributed by atoms with van der Waals surface area (Å²) in [5.74, 6) is -3.20. The highest BCUT2D eigenvalue weighted by Crippen LogP contribution is 2.35. The number of imide groups is 1. The van der Waals surface area contributed by atoms with Crippen molar-refractivity contribution in [3.05, 3.63) is 35.4 Å². The zero-order chi connectivity index (χ0) is 19.9. The van der Waals surface area contributed by atoms with E-state index < -0.39 is 17.8 Å². The van der Waals surface area contributed by atoms with Gasteiger partial charge in [-0.3, -0.25) is 19.2 Å². The molecule has 1 aliphatic rings. The zero-order valence-electron chi connectivity index (χ0n) is 14.7. The largest absolute Gasteiger partial charge is 0.330 e. The maximum absolute atomic E-state index is 12.7. The number of rotatable bonds is 3. The topological polar surface area (TPSA) is 122 Å². The second-order valence-corrected chi connectivity index (χ2v) is 6.00. The Morgan fingerprint density at radius 3 is 1.63 bits per heavy atom. The molecule has 0 radical (unpaired) electrons. The van der Waals surface area contributed by atoms with Gasteiger partial charge in [-0.15, -0.1) is 0 Å². The van der Waals surface area contributed by atoms with Crippen molar-refractivity contribution in [2.45, 2.75) is 20.8 Å². The van der Waals surface area contributed by atoms with Gasteiger partial charge in [-0.25, -0.2) is 4.79 Å². The molecule has 1 heterocycles. The molecule has 1 aliphatic heterocycles. The van der Waals surface area contributed by atoms with Gasteiger partial charge in [0.2, 0.25) is 11.8 Å². The maximum Gasteiger partial charge on any atom is 0.330 e. The van der Waals surface area contributed by atoms with Gasteiger partial charge in [0.25, 0.3) is 11.8 Å². The predicted octanol–water partition coefficient (Wildman–Crippen LogP) is 1.83. The van der Waals surface area contributed by atoms with Gasteiger partial charge in [-0.2, -0.15) is 0 Å². The van der Waals surface area contributed by atoms with Crippen LogP contribution in [-0.4, -0.2) is 34.7 Å². The molecule has 4 amide bonds. The molecule has 0 fully saturated rings. The van der Waals surface area contributed by atoms with Crippen molar-refractivity contribution in [3.63, 3.8) is 0 Å². The molecule has 9 heteroatoms. The van der Waals surface area contributed by atoms with Crippen LogP contribution in [0.25, 0.3) is 10.8 Å². The summed E-state index contributed by atoms with van der Waals surface area (Å²) < 4.78 is 0. The normalized spacial score (nSPS) is 12.8. The fraction of sp³-hybridized carbons (Fsp3) is 0.167. The van der Waals surface area contributed by atoms with Gasteiger partial charge < -0.3 is 15.5 Å². The quantitative estimate of drug-likeness (QED) is 0.796. The fourth-order valence-electron chi connectivity index (χ4n) is 2.93. The molecule has 0 atom stereocenters. The molecule has 2 N–H and O–H groups in total. The predicted molar refractivity (Wildman–Crippen MR) is 94.8 cm³/mol. The Labute approximate surface area is 153 Å². The number of hydroxylamine groups is 2. The van der Waals surface area contributed by atoms with Crippen LogP contribution in [0.1, 0.15) is 41.5 Å². The van der Waals surface area contributed by atoms with E-state index in [1.54, 1.807) is 12.1 Å². The summed E-state index contributed by atoms with van der Waals surface area (Å²) in [5.41, 5.74) is 0.811. The van der Waals surface area contributed by atoms with Gasteiger partial charge in [0, 0.05) is 37.5 Å². The molecular weight excluding hydrogens is 354 g/mol. The van der Waals surface area contributed by atoms with E-state index in [0.29, 0.717) is 27.2 Å². The number of hydrogen-bond acceptors (Lipinski definition) is 6. The summed E-state index contributed by atoms with van der Waals surface area (Å²) >= 11 is 0. The molecule has 0 saturated heterocycles. The number of nitrogens with zero attached hydrogens (tertiary/aromatic N) is 1. The van der Waals surface area contributed by atoms with Crippen molar-refractivity contribution >= 4 is 51.7 Å². The second kappa shape index (κ2) is 6.52. The minimum Gasteiger partial charge on any atom is -0.330 e. The van der Waals surface area contributed by atoms with Crippen LogP contribution in [0.15, 0.2) is 24.3 Å². The lowest BCUT2D eigenvalue weighted by atomic mass is 9.93. The molecule has 2 aromatic carbocycles. The lowest BCUT2D eigenvalue weighted by Crippen LogP contribution is -2.41. The number of amides is 4. The number of anilines is 2. The van der Waals surface area contributed by atoms with Crippen molar-refractivity contribution in [2.24, 2.45) is 0 Å². The first-order chi connectivity index (χ1) is 12.7. The first-order valence-corrected chi connectivity index (χ1v) is 7.91. The molecule has 27 heavy (non-hydrogen) atoms. The lowest BCUT2D eigenvalue weighted by molar-refractivity contribution is -0.166. The highest BCUT2D eigenvalue weighted by molar-refractivity contribution is 6.26. The van der Waals surface area contributed by atoms with Crippen LogP contribution in [0.2, 0.25) is 0 Å². The fourth-order valence-corrected chi connectivity index (χ4v) is 2.93. The summed E-state index contributed by atoms with van der Waals surface area (Å²) in [6.45, 7) is 3.68. The number of carbonyl (C=O) groups is 5. The van der Waals surface area contributed by atoms with Gasteiger partial charge in [0.05, 0.1) is 11.1 Å². The summed E-state index contributed by atoms with van der Waals surface area (Å²) in [6, 6.07) is 5.96. The molecule has 138 valence electrons. The standard InChI is InChI=1S/C18H15N3O6/c1-8(22)19-12-4-11-5-13(20-9(2)23)7-15-16(11)14(6-12)17(25)21(18(15)26)27-10(3)24/h4-7H,1-3H3,(H,19,22)(H,20,23). The van der Waals surface area contributed by atoms with Gasteiger partial charge >= 0.3 is 5.97 Å². The van der Waals surface area contributed by atoms with Crippen LogP contribution in [0.5, 0.6) is 0 Å². The molecule has 2 aromatic rings. The SMILES string of the molecule is CC(=O)Nc1cc2c3c(cc(NC(C)=O)cc3c1)C(=O)N(OC(C)=O)C2=O. The molecule has 0 saturated carbocycles. The summed E-state index contributed by atoms with van der Waals surface area (Å²) in [4.78, 5) is 64.3. The van der Waals surface area contributed by atoms with E-state index in [9.17, 15) is 24.0 Å². The third-order valence-electron chi connectivity index (χ3n) is 3.74. The third kappa shape index (κ3) is 3.34. The van der Waals surface area contributed by atoms with Gasteiger partial charge in [-0.1, -0.05) is 5.06 Å². The minimum atomic E-state index is -0.840. The second-order valence-electron chi connectivity index (χ2n) is 6.00. The van der Waals surface area contributed by atoms with Crippen LogP contribution >= 0.6 is 0 Å². The van der Waals surface area contributed by atoms with Crippen LogP contribution in [0, 0.1) is 0 Å². The molecule has 0 aliphatic carbocycles. The third-order valence-corrected chi connectivity index (χ3v) is 3.74. The Kier molecular flexibility index (Phi) is 4.36. The van der Waals surface area contributed by atoms with Crippen molar-refractivity contribution in [2.75, 3.05) is 10.6 Å². The monoisotopic (exact) mass is 369 g/mol.